The molecule has 0 aliphatic heterocycles. The van der Waals surface area contributed by atoms with Gasteiger partial charge in [0.25, 0.3) is 0 Å². The van der Waals surface area contributed by atoms with Crippen molar-refractivity contribution in [2.45, 2.75) is 19.9 Å². The summed E-state index contributed by atoms with van der Waals surface area (Å²) in [6.45, 7) is 4.18. The van der Waals surface area contributed by atoms with Crippen LogP contribution < -0.4 is 0 Å². The second-order valence-corrected chi connectivity index (χ2v) is 2.98. The summed E-state index contributed by atoms with van der Waals surface area (Å²) in [6, 6.07) is 2.29. The van der Waals surface area contributed by atoms with E-state index >= 15 is 0 Å². The average molecular weight is 162 g/mol. The van der Waals surface area contributed by atoms with Crippen LogP contribution in [0.3, 0.4) is 0 Å². The van der Waals surface area contributed by atoms with E-state index in [1.807, 2.05) is 10.7 Å². The highest BCUT2D eigenvalue weighted by Crippen LogP contribution is 2.13. The zero-order valence-corrected chi connectivity index (χ0v) is 7.10. The van der Waals surface area contributed by atoms with Crippen LogP contribution in [-0.2, 0) is 0 Å². The third-order valence-corrected chi connectivity index (χ3v) is 1.77. The van der Waals surface area contributed by atoms with Crippen molar-refractivity contribution >= 4 is 11.0 Å². The lowest BCUT2D eigenvalue weighted by Gasteiger charge is -2.05. The fourth-order valence-corrected chi connectivity index (χ4v) is 1.21. The summed E-state index contributed by atoms with van der Waals surface area (Å²) in [6.07, 6.45) is 3.42. The highest BCUT2D eigenvalue weighted by Gasteiger charge is 2.04. The molecule has 4 nitrogen and oxygen atoms in total. The molecule has 2 aromatic heterocycles. The normalized spacial score (nSPS) is 11.2. The summed E-state index contributed by atoms with van der Waals surface area (Å²) >= 11 is 0. The van der Waals surface area contributed by atoms with Crippen LogP contribution in [0.2, 0.25) is 0 Å². The molecule has 0 fully saturated rings. The standard InChI is InChI=1S/C8H10N4/c1-6(2)12-8-3-4-9-11-7(8)5-10-12/h3-6H,1-2H3. The van der Waals surface area contributed by atoms with Crippen molar-refractivity contribution in [2.75, 3.05) is 0 Å². The van der Waals surface area contributed by atoms with Crippen molar-refractivity contribution in [3.63, 3.8) is 0 Å². The molecule has 0 saturated carbocycles. The summed E-state index contributed by atoms with van der Waals surface area (Å²) in [5.41, 5.74) is 1.89. The van der Waals surface area contributed by atoms with Gasteiger partial charge in [-0.15, -0.1) is 5.10 Å². The third-order valence-electron chi connectivity index (χ3n) is 1.77. The number of fused-ring (bicyclic) bond motifs is 1. The molecule has 0 N–H and O–H groups in total. The molecule has 0 spiro atoms. The molecule has 2 rings (SSSR count). The second-order valence-electron chi connectivity index (χ2n) is 2.98. The molecule has 0 amide bonds. The molecule has 0 aliphatic carbocycles. The molecule has 2 heterocycles. The van der Waals surface area contributed by atoms with Gasteiger partial charge in [0.05, 0.1) is 17.9 Å². The van der Waals surface area contributed by atoms with Gasteiger partial charge in [0, 0.05) is 6.04 Å². The summed E-state index contributed by atoms with van der Waals surface area (Å²) in [5.74, 6) is 0. The number of hydrogen-bond acceptors (Lipinski definition) is 3. The van der Waals surface area contributed by atoms with Crippen LogP contribution in [0.1, 0.15) is 19.9 Å². The molecule has 0 radical (unpaired) electrons. The summed E-state index contributed by atoms with van der Waals surface area (Å²) in [4.78, 5) is 0. The van der Waals surface area contributed by atoms with E-state index in [9.17, 15) is 0 Å². The zero-order valence-electron chi connectivity index (χ0n) is 7.10. The van der Waals surface area contributed by atoms with Gasteiger partial charge in [-0.1, -0.05) is 0 Å². The Morgan fingerprint density at radius 3 is 3.00 bits per heavy atom. The van der Waals surface area contributed by atoms with Crippen LogP contribution in [0.4, 0.5) is 0 Å². The Kier molecular flexibility index (Phi) is 1.53. The van der Waals surface area contributed by atoms with Crippen molar-refractivity contribution in [1.29, 1.82) is 0 Å². The maximum Gasteiger partial charge on any atom is 0.131 e. The molecule has 0 aliphatic rings. The lowest BCUT2D eigenvalue weighted by Crippen LogP contribution is -2.01. The van der Waals surface area contributed by atoms with E-state index in [-0.39, 0.29) is 0 Å². The van der Waals surface area contributed by atoms with E-state index in [1.165, 1.54) is 0 Å². The van der Waals surface area contributed by atoms with E-state index in [0.717, 1.165) is 11.0 Å². The van der Waals surface area contributed by atoms with E-state index < -0.39 is 0 Å². The Morgan fingerprint density at radius 1 is 1.42 bits per heavy atom. The number of nitrogens with zero attached hydrogens (tertiary/aromatic N) is 4. The third kappa shape index (κ3) is 0.958. The van der Waals surface area contributed by atoms with Crippen LogP contribution in [0.15, 0.2) is 18.5 Å². The monoisotopic (exact) mass is 162 g/mol. The van der Waals surface area contributed by atoms with E-state index in [0.29, 0.717) is 6.04 Å². The van der Waals surface area contributed by atoms with Crippen molar-refractivity contribution in [2.24, 2.45) is 0 Å². The van der Waals surface area contributed by atoms with Crippen LogP contribution in [0.5, 0.6) is 0 Å². The average Bonchev–Trinajstić information content (AvgIpc) is 2.47. The minimum Gasteiger partial charge on any atom is -0.261 e. The van der Waals surface area contributed by atoms with Crippen LogP contribution in [0, 0.1) is 0 Å². The molecule has 4 heteroatoms. The summed E-state index contributed by atoms with van der Waals surface area (Å²) in [5, 5.41) is 11.9. The largest absolute Gasteiger partial charge is 0.261 e. The fraction of sp³-hybridized carbons (Fsp3) is 0.375. The Hall–Kier alpha value is -1.45. The number of aromatic nitrogens is 4. The zero-order chi connectivity index (χ0) is 8.55. The molecule has 0 atom stereocenters. The first kappa shape index (κ1) is 7.21. The van der Waals surface area contributed by atoms with Gasteiger partial charge in [0.1, 0.15) is 5.52 Å². The summed E-state index contributed by atoms with van der Waals surface area (Å²) in [7, 11) is 0. The van der Waals surface area contributed by atoms with Crippen LogP contribution >= 0.6 is 0 Å². The fourth-order valence-electron chi connectivity index (χ4n) is 1.21. The Morgan fingerprint density at radius 2 is 2.25 bits per heavy atom. The number of hydrogen-bond donors (Lipinski definition) is 0. The minimum absolute atomic E-state index is 0.367. The lowest BCUT2D eigenvalue weighted by molar-refractivity contribution is 0.550. The molecule has 62 valence electrons. The van der Waals surface area contributed by atoms with Gasteiger partial charge >= 0.3 is 0 Å². The Labute approximate surface area is 70.2 Å². The Balaban J connectivity index is 2.70. The van der Waals surface area contributed by atoms with Crippen molar-refractivity contribution < 1.29 is 0 Å². The Bertz CT molecular complexity index is 391. The predicted molar refractivity (Wildman–Crippen MR) is 45.7 cm³/mol. The highest BCUT2D eigenvalue weighted by molar-refractivity contribution is 5.72. The molecular formula is C8H10N4. The van der Waals surface area contributed by atoms with Gasteiger partial charge in [-0.3, -0.25) is 4.68 Å². The topological polar surface area (TPSA) is 43.6 Å². The van der Waals surface area contributed by atoms with Crippen molar-refractivity contribution in [1.82, 2.24) is 20.0 Å². The maximum atomic E-state index is 4.21. The van der Waals surface area contributed by atoms with Gasteiger partial charge in [0.15, 0.2) is 0 Å². The quantitative estimate of drug-likeness (QED) is 0.636. The van der Waals surface area contributed by atoms with Crippen LogP contribution in [-0.4, -0.2) is 20.0 Å². The van der Waals surface area contributed by atoms with Crippen LogP contribution in [0.25, 0.3) is 11.0 Å². The van der Waals surface area contributed by atoms with Gasteiger partial charge in [-0.2, -0.15) is 10.2 Å². The van der Waals surface area contributed by atoms with Gasteiger partial charge < -0.3 is 0 Å². The minimum atomic E-state index is 0.367. The second kappa shape index (κ2) is 2.55. The van der Waals surface area contributed by atoms with Gasteiger partial charge in [-0.05, 0) is 19.9 Å². The molecule has 0 unspecified atom stereocenters. The summed E-state index contributed by atoms with van der Waals surface area (Å²) < 4.78 is 1.93. The van der Waals surface area contributed by atoms with E-state index in [2.05, 4.69) is 29.1 Å². The number of rotatable bonds is 1. The molecule has 0 saturated heterocycles. The van der Waals surface area contributed by atoms with E-state index in [4.69, 9.17) is 0 Å². The van der Waals surface area contributed by atoms with Crippen molar-refractivity contribution in [3.8, 4) is 0 Å². The molecule has 0 aromatic carbocycles. The van der Waals surface area contributed by atoms with Gasteiger partial charge in [0.2, 0.25) is 0 Å². The smallest absolute Gasteiger partial charge is 0.131 e. The molecule has 2 aromatic rings. The van der Waals surface area contributed by atoms with E-state index in [1.54, 1.807) is 12.4 Å². The van der Waals surface area contributed by atoms with Crippen molar-refractivity contribution in [3.05, 3.63) is 18.5 Å². The first-order valence-corrected chi connectivity index (χ1v) is 3.94. The highest BCUT2D eigenvalue weighted by atomic mass is 15.3. The van der Waals surface area contributed by atoms with Gasteiger partial charge in [-0.25, -0.2) is 0 Å². The predicted octanol–water partition coefficient (Wildman–Crippen LogP) is 1.41. The first-order chi connectivity index (χ1) is 5.79. The first-order valence-electron chi connectivity index (χ1n) is 3.94. The maximum absolute atomic E-state index is 4.21. The lowest BCUT2D eigenvalue weighted by atomic mass is 10.4. The molecular weight excluding hydrogens is 152 g/mol. The SMILES string of the molecule is CC(C)n1ncc2nnccc21. The molecule has 0 bridgehead atoms. The molecule has 12 heavy (non-hydrogen) atoms.